The van der Waals surface area contributed by atoms with Crippen molar-refractivity contribution in [3.8, 4) is 5.75 Å². The fraction of sp³-hybridized carbons (Fsp3) is 0.600. The van der Waals surface area contributed by atoms with Crippen LogP contribution in [0.25, 0.3) is 0 Å². The molecule has 0 amide bonds. The molecule has 0 radical (unpaired) electrons. The number of hydrogen-bond donors (Lipinski definition) is 1. The number of rotatable bonds is 4. The topological polar surface area (TPSA) is 25.8 Å². The maximum Gasteiger partial charge on any atom is 0.137 e. The van der Waals surface area contributed by atoms with Gasteiger partial charge in [-0.25, -0.2) is 0 Å². The molecule has 0 bridgehead atoms. The molecule has 2 N–H and O–H groups in total. The Bertz CT molecular complexity index is 394. The third kappa shape index (κ3) is 3.39. The fourth-order valence-corrected chi connectivity index (χ4v) is 3.10. The fourth-order valence-electron chi connectivity index (χ4n) is 2.82. The molecule has 1 aliphatic carbocycles. The van der Waals surface area contributed by atoms with E-state index >= 15 is 0 Å². The molecular weight excluding hydrogens is 246 g/mol. The summed E-state index contributed by atoms with van der Waals surface area (Å²) in [6.45, 7) is 3.39. The van der Waals surface area contributed by atoms with Gasteiger partial charge in [-0.3, -0.25) is 0 Å². The summed E-state index contributed by atoms with van der Waals surface area (Å²) < 4.78 is 5.17. The Kier molecular flexibility index (Phi) is 4.90. The Labute approximate surface area is 115 Å². The number of nitrogens with two attached hydrogens (primary N) is 1. The van der Waals surface area contributed by atoms with Gasteiger partial charge >= 0.3 is 0 Å². The predicted molar refractivity (Wildman–Crippen MR) is 75.1 cm³/mol. The van der Waals surface area contributed by atoms with Crippen molar-refractivity contribution in [1.29, 1.82) is 0 Å². The minimum absolute atomic E-state index is 0.708. The van der Waals surface area contributed by atoms with E-state index in [9.17, 15) is 0 Å². The largest absolute Gasteiger partial charge is 0.495 e. The first kappa shape index (κ1) is 13.7. The van der Waals surface area contributed by atoms with Gasteiger partial charge in [0.15, 0.2) is 0 Å². The van der Waals surface area contributed by atoms with Crippen molar-refractivity contribution in [2.75, 3.05) is 7.11 Å². The van der Waals surface area contributed by atoms with Gasteiger partial charge in [0.25, 0.3) is 0 Å². The van der Waals surface area contributed by atoms with Gasteiger partial charge in [-0.1, -0.05) is 24.9 Å². The third-order valence-electron chi connectivity index (χ3n) is 4.05. The highest BCUT2D eigenvalue weighted by atomic mass is 35.5. The highest BCUT2D eigenvalue weighted by Gasteiger charge is 2.23. The minimum Gasteiger partial charge on any atom is -0.495 e. The van der Waals surface area contributed by atoms with E-state index in [-0.39, 0.29) is 0 Å². The van der Waals surface area contributed by atoms with Crippen LogP contribution in [-0.4, -0.2) is 13.2 Å². The highest BCUT2D eigenvalue weighted by molar-refractivity contribution is 6.32. The van der Waals surface area contributed by atoms with E-state index in [2.05, 4.69) is 18.3 Å². The number of halogens is 1. The van der Waals surface area contributed by atoms with E-state index in [1.807, 2.05) is 12.1 Å². The molecule has 100 valence electrons. The molecule has 1 aromatic rings. The first-order valence-corrected chi connectivity index (χ1v) is 7.24. The highest BCUT2D eigenvalue weighted by Crippen LogP contribution is 2.25. The summed E-state index contributed by atoms with van der Waals surface area (Å²) in [5.74, 6) is 1.60. The van der Waals surface area contributed by atoms with Gasteiger partial charge in [-0.15, -0.1) is 0 Å². The molecule has 0 unspecified atom stereocenters. The molecule has 1 aliphatic rings. The van der Waals surface area contributed by atoms with Gasteiger partial charge in [0.05, 0.1) is 18.2 Å². The molecule has 0 heterocycles. The lowest BCUT2D eigenvalue weighted by atomic mass is 9.86. The smallest absolute Gasteiger partial charge is 0.137 e. The molecule has 0 spiro atoms. The lowest BCUT2D eigenvalue weighted by Gasteiger charge is -2.26. The summed E-state index contributed by atoms with van der Waals surface area (Å²) in [4.78, 5) is 0. The second-order valence-electron chi connectivity index (χ2n) is 5.33. The molecule has 0 saturated heterocycles. The zero-order chi connectivity index (χ0) is 13.0. The van der Waals surface area contributed by atoms with E-state index in [4.69, 9.17) is 16.3 Å². The number of methoxy groups -OCH3 is 1. The Hall–Kier alpha value is -0.730. The first-order chi connectivity index (χ1) is 8.70. The summed E-state index contributed by atoms with van der Waals surface area (Å²) in [6.07, 6.45) is 5.52. The van der Waals surface area contributed by atoms with E-state index in [0.717, 1.165) is 24.3 Å². The van der Waals surface area contributed by atoms with Crippen molar-refractivity contribution in [3.05, 3.63) is 28.8 Å². The van der Waals surface area contributed by atoms with Gasteiger partial charge in [0.1, 0.15) is 12.3 Å². The maximum atomic E-state index is 6.14. The molecule has 2 atom stereocenters. The van der Waals surface area contributed by atoms with Crippen molar-refractivity contribution in [1.82, 2.24) is 0 Å². The Balaban J connectivity index is 1.91. The maximum absolute atomic E-state index is 6.14. The standard InChI is InChI=1S/C15H22ClNO/c1-11-5-3-4-6-14(11)17-10-12-7-8-15(18-2)13(16)9-12/h7-9,11,14,17H,3-6,10H2,1-2H3/p+1/t11-,14-/m0/s1. The Morgan fingerprint density at radius 1 is 1.33 bits per heavy atom. The van der Waals surface area contributed by atoms with Gasteiger partial charge in [-0.2, -0.15) is 0 Å². The number of hydrogen-bond acceptors (Lipinski definition) is 1. The zero-order valence-electron chi connectivity index (χ0n) is 11.3. The van der Waals surface area contributed by atoms with Crippen LogP contribution in [0.2, 0.25) is 5.02 Å². The molecule has 1 fully saturated rings. The average Bonchev–Trinajstić information content (AvgIpc) is 2.38. The van der Waals surface area contributed by atoms with Crippen LogP contribution in [0.4, 0.5) is 0 Å². The van der Waals surface area contributed by atoms with Crippen molar-refractivity contribution in [2.24, 2.45) is 5.92 Å². The molecule has 18 heavy (non-hydrogen) atoms. The van der Waals surface area contributed by atoms with Crippen LogP contribution in [0.5, 0.6) is 5.75 Å². The average molecular weight is 269 g/mol. The second-order valence-corrected chi connectivity index (χ2v) is 5.74. The van der Waals surface area contributed by atoms with Gasteiger partial charge < -0.3 is 10.1 Å². The summed E-state index contributed by atoms with van der Waals surface area (Å²) in [5.41, 5.74) is 1.28. The van der Waals surface area contributed by atoms with Crippen LogP contribution >= 0.6 is 11.6 Å². The second kappa shape index (κ2) is 6.44. The van der Waals surface area contributed by atoms with Crippen LogP contribution in [0.15, 0.2) is 18.2 Å². The van der Waals surface area contributed by atoms with Crippen LogP contribution in [0, 0.1) is 5.92 Å². The van der Waals surface area contributed by atoms with Crippen LogP contribution in [0.1, 0.15) is 38.2 Å². The van der Waals surface area contributed by atoms with Crippen LogP contribution in [-0.2, 0) is 6.54 Å². The molecule has 1 aromatic carbocycles. The molecule has 2 nitrogen and oxygen atoms in total. The lowest BCUT2D eigenvalue weighted by molar-refractivity contribution is -0.712. The first-order valence-electron chi connectivity index (χ1n) is 6.86. The number of benzene rings is 1. The molecule has 3 heteroatoms. The van der Waals surface area contributed by atoms with Crippen molar-refractivity contribution >= 4 is 11.6 Å². The molecular formula is C15H23ClNO+. The van der Waals surface area contributed by atoms with E-state index < -0.39 is 0 Å². The molecule has 2 rings (SSSR count). The monoisotopic (exact) mass is 268 g/mol. The lowest BCUT2D eigenvalue weighted by Crippen LogP contribution is -2.90. The SMILES string of the molecule is COc1ccc(C[NH2+][C@H]2CCCC[C@@H]2C)cc1Cl. The summed E-state index contributed by atoms with van der Waals surface area (Å²) >= 11 is 6.14. The van der Waals surface area contributed by atoms with Crippen molar-refractivity contribution in [3.63, 3.8) is 0 Å². The summed E-state index contributed by atoms with van der Waals surface area (Å²) in [5, 5.41) is 3.18. The van der Waals surface area contributed by atoms with E-state index in [1.165, 1.54) is 31.2 Å². The van der Waals surface area contributed by atoms with Crippen molar-refractivity contribution in [2.45, 2.75) is 45.2 Å². The Morgan fingerprint density at radius 3 is 2.78 bits per heavy atom. The zero-order valence-corrected chi connectivity index (χ0v) is 12.0. The third-order valence-corrected chi connectivity index (χ3v) is 4.35. The van der Waals surface area contributed by atoms with Gasteiger partial charge in [0.2, 0.25) is 0 Å². The Morgan fingerprint density at radius 2 is 2.11 bits per heavy atom. The number of quaternary nitrogens is 1. The quantitative estimate of drug-likeness (QED) is 0.893. The number of ether oxygens (including phenoxy) is 1. The minimum atomic E-state index is 0.708. The van der Waals surface area contributed by atoms with Crippen molar-refractivity contribution < 1.29 is 10.1 Å². The van der Waals surface area contributed by atoms with E-state index in [1.54, 1.807) is 7.11 Å². The summed E-state index contributed by atoms with van der Waals surface area (Å²) in [7, 11) is 1.65. The summed E-state index contributed by atoms with van der Waals surface area (Å²) in [6, 6.07) is 6.86. The van der Waals surface area contributed by atoms with Gasteiger partial charge in [-0.05, 0) is 37.5 Å². The van der Waals surface area contributed by atoms with Crippen LogP contribution < -0.4 is 10.1 Å². The molecule has 0 aromatic heterocycles. The predicted octanol–water partition coefficient (Wildman–Crippen LogP) is 2.99. The van der Waals surface area contributed by atoms with Gasteiger partial charge in [0, 0.05) is 11.5 Å². The molecule has 1 saturated carbocycles. The normalized spacial score (nSPS) is 23.9. The molecule has 0 aliphatic heterocycles. The van der Waals surface area contributed by atoms with E-state index in [0.29, 0.717) is 5.02 Å². The van der Waals surface area contributed by atoms with Crippen LogP contribution in [0.3, 0.4) is 0 Å².